The number of anilines is 1. The van der Waals surface area contributed by atoms with Gasteiger partial charge in [0, 0.05) is 30.3 Å². The van der Waals surface area contributed by atoms with Gasteiger partial charge in [-0.2, -0.15) is 0 Å². The lowest BCUT2D eigenvalue weighted by atomic mass is 10.1. The van der Waals surface area contributed by atoms with E-state index >= 15 is 0 Å². The number of pyridine rings is 1. The maximum Gasteiger partial charge on any atom is 0.0936 e. The molecule has 18 heavy (non-hydrogen) atoms. The van der Waals surface area contributed by atoms with Crippen molar-refractivity contribution in [1.82, 2.24) is 4.98 Å². The van der Waals surface area contributed by atoms with Gasteiger partial charge in [0.05, 0.1) is 11.2 Å². The first-order valence-electron chi connectivity index (χ1n) is 6.53. The minimum Gasteiger partial charge on any atom is -0.381 e. The molecule has 1 aromatic heterocycles. The second kappa shape index (κ2) is 4.94. The van der Waals surface area contributed by atoms with Crippen molar-refractivity contribution in [3.8, 4) is 0 Å². The third-order valence-electron chi connectivity index (χ3n) is 3.44. The quantitative estimate of drug-likeness (QED) is 0.878. The van der Waals surface area contributed by atoms with Gasteiger partial charge in [-0.1, -0.05) is 18.2 Å². The number of aryl methyl sites for hydroxylation is 1. The summed E-state index contributed by atoms with van der Waals surface area (Å²) in [6, 6.07) is 11.0. The van der Waals surface area contributed by atoms with E-state index in [9.17, 15) is 0 Å². The summed E-state index contributed by atoms with van der Waals surface area (Å²) in [4.78, 5) is 4.65. The van der Waals surface area contributed by atoms with Crippen molar-refractivity contribution in [1.29, 1.82) is 0 Å². The molecular formula is C15H18N2O. The van der Waals surface area contributed by atoms with Crippen LogP contribution in [0.4, 0.5) is 5.69 Å². The van der Waals surface area contributed by atoms with Crippen LogP contribution in [-0.2, 0) is 4.74 Å². The van der Waals surface area contributed by atoms with Crippen LogP contribution < -0.4 is 5.32 Å². The molecule has 0 atom stereocenters. The zero-order chi connectivity index (χ0) is 12.4. The standard InChI is InChI=1S/C15H18N2O/c1-11-5-6-12-3-2-4-14(15(12)16-11)17-13-7-9-18-10-8-13/h2-6,13,17H,7-10H2,1H3. The van der Waals surface area contributed by atoms with Gasteiger partial charge in [-0.25, -0.2) is 0 Å². The molecule has 0 radical (unpaired) electrons. The number of hydrogen-bond acceptors (Lipinski definition) is 3. The molecular weight excluding hydrogens is 224 g/mol. The lowest BCUT2D eigenvalue weighted by Gasteiger charge is -2.24. The first-order valence-corrected chi connectivity index (χ1v) is 6.53. The Labute approximate surface area is 107 Å². The van der Waals surface area contributed by atoms with E-state index < -0.39 is 0 Å². The Hall–Kier alpha value is -1.61. The van der Waals surface area contributed by atoms with E-state index in [4.69, 9.17) is 4.74 Å². The molecule has 2 heterocycles. The summed E-state index contributed by atoms with van der Waals surface area (Å²) in [6.07, 6.45) is 2.14. The third-order valence-corrected chi connectivity index (χ3v) is 3.44. The first-order chi connectivity index (χ1) is 8.83. The van der Waals surface area contributed by atoms with Gasteiger partial charge in [-0.05, 0) is 31.9 Å². The normalized spacial score (nSPS) is 16.9. The highest BCUT2D eigenvalue weighted by Crippen LogP contribution is 2.24. The summed E-state index contributed by atoms with van der Waals surface area (Å²) >= 11 is 0. The van der Waals surface area contributed by atoms with Crippen molar-refractivity contribution in [2.24, 2.45) is 0 Å². The number of ether oxygens (including phenoxy) is 1. The van der Waals surface area contributed by atoms with E-state index in [1.807, 2.05) is 6.92 Å². The summed E-state index contributed by atoms with van der Waals surface area (Å²) in [6.45, 7) is 3.74. The molecule has 1 aliphatic heterocycles. The summed E-state index contributed by atoms with van der Waals surface area (Å²) < 4.78 is 5.39. The number of hydrogen-bond donors (Lipinski definition) is 1. The van der Waals surface area contributed by atoms with Gasteiger partial charge in [0.2, 0.25) is 0 Å². The molecule has 0 saturated carbocycles. The van der Waals surface area contributed by atoms with E-state index in [2.05, 4.69) is 40.6 Å². The molecule has 0 aliphatic carbocycles. The second-order valence-electron chi connectivity index (χ2n) is 4.86. The third kappa shape index (κ3) is 2.31. The molecule has 0 unspecified atom stereocenters. The largest absolute Gasteiger partial charge is 0.381 e. The van der Waals surface area contributed by atoms with Gasteiger partial charge in [0.25, 0.3) is 0 Å². The number of nitrogens with zero attached hydrogens (tertiary/aromatic N) is 1. The topological polar surface area (TPSA) is 34.1 Å². The zero-order valence-electron chi connectivity index (χ0n) is 10.6. The number of rotatable bonds is 2. The molecule has 1 saturated heterocycles. The van der Waals surface area contributed by atoms with Crippen LogP contribution in [0.3, 0.4) is 0 Å². The van der Waals surface area contributed by atoms with Crippen molar-refractivity contribution >= 4 is 16.6 Å². The lowest BCUT2D eigenvalue weighted by molar-refractivity contribution is 0.0905. The van der Waals surface area contributed by atoms with Crippen molar-refractivity contribution in [3.63, 3.8) is 0 Å². The number of para-hydroxylation sites is 1. The van der Waals surface area contributed by atoms with Crippen LogP contribution in [0.15, 0.2) is 30.3 Å². The molecule has 3 nitrogen and oxygen atoms in total. The highest BCUT2D eigenvalue weighted by Gasteiger charge is 2.14. The van der Waals surface area contributed by atoms with Crippen molar-refractivity contribution in [2.45, 2.75) is 25.8 Å². The Kier molecular flexibility index (Phi) is 3.15. The van der Waals surface area contributed by atoms with Crippen LogP contribution in [0, 0.1) is 6.92 Å². The monoisotopic (exact) mass is 242 g/mol. The van der Waals surface area contributed by atoms with E-state index in [1.54, 1.807) is 0 Å². The van der Waals surface area contributed by atoms with Crippen LogP contribution >= 0.6 is 0 Å². The maximum absolute atomic E-state index is 5.39. The minimum absolute atomic E-state index is 0.506. The molecule has 2 aromatic rings. The summed E-state index contributed by atoms with van der Waals surface area (Å²) in [5, 5.41) is 4.80. The molecule has 0 amide bonds. The molecule has 0 spiro atoms. The Bertz CT molecular complexity index is 547. The van der Waals surface area contributed by atoms with Gasteiger partial charge in [0.15, 0.2) is 0 Å². The van der Waals surface area contributed by atoms with E-state index in [0.29, 0.717) is 6.04 Å². The fourth-order valence-electron chi connectivity index (χ4n) is 2.42. The van der Waals surface area contributed by atoms with Crippen molar-refractivity contribution in [2.75, 3.05) is 18.5 Å². The van der Waals surface area contributed by atoms with Crippen LogP contribution in [-0.4, -0.2) is 24.2 Å². The number of fused-ring (bicyclic) bond motifs is 1. The Morgan fingerprint density at radius 1 is 1.17 bits per heavy atom. The average molecular weight is 242 g/mol. The average Bonchev–Trinajstić information content (AvgIpc) is 2.41. The maximum atomic E-state index is 5.39. The van der Waals surface area contributed by atoms with E-state index in [0.717, 1.165) is 43.0 Å². The summed E-state index contributed by atoms with van der Waals surface area (Å²) in [7, 11) is 0. The fourth-order valence-corrected chi connectivity index (χ4v) is 2.42. The van der Waals surface area contributed by atoms with Crippen molar-refractivity contribution in [3.05, 3.63) is 36.0 Å². The van der Waals surface area contributed by atoms with Gasteiger partial charge < -0.3 is 10.1 Å². The molecule has 0 bridgehead atoms. The van der Waals surface area contributed by atoms with Gasteiger partial charge in [-0.3, -0.25) is 4.98 Å². The second-order valence-corrected chi connectivity index (χ2v) is 4.86. The highest BCUT2D eigenvalue weighted by molar-refractivity contribution is 5.90. The molecule has 1 aromatic carbocycles. The lowest BCUT2D eigenvalue weighted by Crippen LogP contribution is -2.27. The Morgan fingerprint density at radius 3 is 2.83 bits per heavy atom. The van der Waals surface area contributed by atoms with Crippen LogP contribution in [0.1, 0.15) is 18.5 Å². The molecule has 1 fully saturated rings. The van der Waals surface area contributed by atoms with Crippen LogP contribution in [0.25, 0.3) is 10.9 Å². The smallest absolute Gasteiger partial charge is 0.0936 e. The van der Waals surface area contributed by atoms with Crippen molar-refractivity contribution < 1.29 is 4.74 Å². The molecule has 3 heteroatoms. The van der Waals surface area contributed by atoms with E-state index in [1.165, 1.54) is 5.39 Å². The molecule has 3 rings (SSSR count). The number of aromatic nitrogens is 1. The zero-order valence-corrected chi connectivity index (χ0v) is 10.6. The first kappa shape index (κ1) is 11.5. The predicted octanol–water partition coefficient (Wildman–Crippen LogP) is 3.13. The summed E-state index contributed by atoms with van der Waals surface area (Å²) in [5.41, 5.74) is 3.27. The van der Waals surface area contributed by atoms with Gasteiger partial charge in [-0.15, -0.1) is 0 Å². The predicted molar refractivity (Wildman–Crippen MR) is 73.9 cm³/mol. The number of benzene rings is 1. The Morgan fingerprint density at radius 2 is 2.00 bits per heavy atom. The fraction of sp³-hybridized carbons (Fsp3) is 0.400. The molecule has 1 aliphatic rings. The summed E-state index contributed by atoms with van der Waals surface area (Å²) in [5.74, 6) is 0. The highest BCUT2D eigenvalue weighted by atomic mass is 16.5. The van der Waals surface area contributed by atoms with E-state index in [-0.39, 0.29) is 0 Å². The van der Waals surface area contributed by atoms with Gasteiger partial charge in [0.1, 0.15) is 0 Å². The number of nitrogens with one attached hydrogen (secondary N) is 1. The van der Waals surface area contributed by atoms with Crippen LogP contribution in [0.5, 0.6) is 0 Å². The van der Waals surface area contributed by atoms with Gasteiger partial charge >= 0.3 is 0 Å². The Balaban J connectivity index is 1.92. The minimum atomic E-state index is 0.506. The van der Waals surface area contributed by atoms with Crippen LogP contribution in [0.2, 0.25) is 0 Å². The SMILES string of the molecule is Cc1ccc2cccc(NC3CCOCC3)c2n1. The molecule has 1 N–H and O–H groups in total. The molecule has 94 valence electrons.